The summed E-state index contributed by atoms with van der Waals surface area (Å²) in [6, 6.07) is 3.80. The maximum absolute atomic E-state index is 4.98. The van der Waals surface area contributed by atoms with Crippen LogP contribution in [0.2, 0.25) is 0 Å². The van der Waals surface area contributed by atoms with Crippen LogP contribution in [0.15, 0.2) is 18.3 Å². The standard InChI is InChI=1S/C9H11NOS/c1-3-8-6-7(4-5-10-8)9(12)11-2/h4-6H,3H2,1-2H3. The van der Waals surface area contributed by atoms with Crippen LogP contribution in [0, 0.1) is 0 Å². The fourth-order valence-electron chi connectivity index (χ4n) is 0.916. The van der Waals surface area contributed by atoms with Crippen molar-refractivity contribution in [2.24, 2.45) is 0 Å². The molecule has 0 saturated heterocycles. The molecule has 1 rings (SSSR count). The Morgan fingerprint density at radius 3 is 3.00 bits per heavy atom. The molecule has 0 aliphatic heterocycles. The first-order chi connectivity index (χ1) is 5.77. The molecular formula is C9H11NOS. The summed E-state index contributed by atoms with van der Waals surface area (Å²) < 4.78 is 4.94. The van der Waals surface area contributed by atoms with Gasteiger partial charge < -0.3 is 4.74 Å². The first-order valence-corrected chi connectivity index (χ1v) is 4.22. The average molecular weight is 181 g/mol. The van der Waals surface area contributed by atoms with Gasteiger partial charge in [0, 0.05) is 17.5 Å². The lowest BCUT2D eigenvalue weighted by atomic mass is 10.2. The van der Waals surface area contributed by atoms with Crippen molar-refractivity contribution in [2.45, 2.75) is 13.3 Å². The van der Waals surface area contributed by atoms with Gasteiger partial charge in [-0.15, -0.1) is 0 Å². The number of hydrogen-bond donors (Lipinski definition) is 0. The number of ether oxygens (including phenoxy) is 1. The summed E-state index contributed by atoms with van der Waals surface area (Å²) in [6.45, 7) is 2.06. The van der Waals surface area contributed by atoms with Gasteiger partial charge in [-0.05, 0) is 30.8 Å². The van der Waals surface area contributed by atoms with Crippen LogP contribution in [-0.2, 0) is 11.2 Å². The number of pyridine rings is 1. The minimum Gasteiger partial charge on any atom is -0.486 e. The minimum absolute atomic E-state index is 0.520. The Morgan fingerprint density at radius 2 is 2.42 bits per heavy atom. The predicted molar refractivity (Wildman–Crippen MR) is 52.3 cm³/mol. The molecule has 0 saturated carbocycles. The van der Waals surface area contributed by atoms with E-state index < -0.39 is 0 Å². The third kappa shape index (κ3) is 2.01. The van der Waals surface area contributed by atoms with Gasteiger partial charge in [0.1, 0.15) is 0 Å². The zero-order valence-electron chi connectivity index (χ0n) is 7.20. The second kappa shape index (κ2) is 4.16. The summed E-state index contributed by atoms with van der Waals surface area (Å²) in [5.41, 5.74) is 1.96. The van der Waals surface area contributed by atoms with E-state index in [-0.39, 0.29) is 0 Å². The van der Waals surface area contributed by atoms with Gasteiger partial charge in [-0.25, -0.2) is 0 Å². The molecule has 1 aromatic heterocycles. The molecule has 0 radical (unpaired) electrons. The molecule has 1 aromatic rings. The molecule has 0 aliphatic carbocycles. The third-order valence-electron chi connectivity index (χ3n) is 1.60. The number of rotatable bonds is 2. The molecule has 0 spiro atoms. The molecule has 0 aromatic carbocycles. The van der Waals surface area contributed by atoms with Gasteiger partial charge in [-0.2, -0.15) is 0 Å². The second-order valence-electron chi connectivity index (χ2n) is 2.38. The Kier molecular flexibility index (Phi) is 3.17. The SMILES string of the molecule is CCc1cc(C(=S)OC)ccn1. The van der Waals surface area contributed by atoms with E-state index in [2.05, 4.69) is 11.9 Å². The summed E-state index contributed by atoms with van der Waals surface area (Å²) in [6.07, 6.45) is 2.67. The Morgan fingerprint density at radius 1 is 1.67 bits per heavy atom. The first kappa shape index (κ1) is 9.13. The number of methoxy groups -OCH3 is 1. The predicted octanol–water partition coefficient (Wildman–Crippen LogP) is 1.97. The smallest absolute Gasteiger partial charge is 0.190 e. The van der Waals surface area contributed by atoms with Crippen molar-refractivity contribution in [1.82, 2.24) is 4.98 Å². The fraction of sp³-hybridized carbons (Fsp3) is 0.333. The van der Waals surface area contributed by atoms with Gasteiger partial charge in [0.05, 0.1) is 7.11 Å². The zero-order chi connectivity index (χ0) is 8.97. The van der Waals surface area contributed by atoms with Crippen LogP contribution in [0.1, 0.15) is 18.2 Å². The van der Waals surface area contributed by atoms with E-state index in [1.807, 2.05) is 12.1 Å². The number of aromatic nitrogens is 1. The fourth-order valence-corrected chi connectivity index (χ4v) is 1.04. The Hall–Kier alpha value is -0.960. The molecule has 12 heavy (non-hydrogen) atoms. The van der Waals surface area contributed by atoms with E-state index in [1.54, 1.807) is 13.3 Å². The van der Waals surface area contributed by atoms with Crippen LogP contribution >= 0.6 is 12.2 Å². The lowest BCUT2D eigenvalue weighted by molar-refractivity contribution is 0.416. The van der Waals surface area contributed by atoms with Gasteiger partial charge in [-0.1, -0.05) is 6.92 Å². The molecule has 0 fully saturated rings. The molecular weight excluding hydrogens is 170 g/mol. The van der Waals surface area contributed by atoms with Gasteiger partial charge in [0.25, 0.3) is 0 Å². The van der Waals surface area contributed by atoms with Crippen LogP contribution in [0.25, 0.3) is 0 Å². The highest BCUT2D eigenvalue weighted by atomic mass is 32.1. The molecule has 0 atom stereocenters. The van der Waals surface area contributed by atoms with Gasteiger partial charge in [0.15, 0.2) is 5.05 Å². The molecule has 0 amide bonds. The summed E-state index contributed by atoms with van der Waals surface area (Å²) in [7, 11) is 1.58. The van der Waals surface area contributed by atoms with Gasteiger partial charge >= 0.3 is 0 Å². The highest BCUT2D eigenvalue weighted by Gasteiger charge is 2.00. The number of hydrogen-bond acceptors (Lipinski definition) is 3. The highest BCUT2D eigenvalue weighted by Crippen LogP contribution is 2.04. The summed E-state index contributed by atoms with van der Waals surface area (Å²) >= 11 is 4.98. The van der Waals surface area contributed by atoms with Crippen molar-refractivity contribution in [3.8, 4) is 0 Å². The molecule has 3 heteroatoms. The van der Waals surface area contributed by atoms with E-state index >= 15 is 0 Å². The van der Waals surface area contributed by atoms with Crippen LogP contribution in [0.5, 0.6) is 0 Å². The molecule has 2 nitrogen and oxygen atoms in total. The lowest BCUT2D eigenvalue weighted by Gasteiger charge is -2.02. The molecule has 0 aliphatic rings. The van der Waals surface area contributed by atoms with E-state index in [0.29, 0.717) is 5.05 Å². The molecule has 0 N–H and O–H groups in total. The normalized spacial score (nSPS) is 9.50. The number of thiocarbonyl (C=S) groups is 1. The van der Waals surface area contributed by atoms with Crippen LogP contribution in [0.3, 0.4) is 0 Å². The average Bonchev–Trinajstić information content (AvgIpc) is 2.17. The Balaban J connectivity index is 2.93. The van der Waals surface area contributed by atoms with E-state index in [1.165, 1.54) is 0 Å². The molecule has 64 valence electrons. The van der Waals surface area contributed by atoms with Crippen molar-refractivity contribution in [1.29, 1.82) is 0 Å². The van der Waals surface area contributed by atoms with Gasteiger partial charge in [0.2, 0.25) is 0 Å². The lowest BCUT2D eigenvalue weighted by Crippen LogP contribution is -2.00. The van der Waals surface area contributed by atoms with Crippen molar-refractivity contribution in [3.63, 3.8) is 0 Å². The van der Waals surface area contributed by atoms with Crippen molar-refractivity contribution in [2.75, 3.05) is 7.11 Å². The maximum atomic E-state index is 4.98. The number of nitrogens with zero attached hydrogens (tertiary/aromatic N) is 1. The van der Waals surface area contributed by atoms with Crippen molar-refractivity contribution in [3.05, 3.63) is 29.6 Å². The van der Waals surface area contributed by atoms with Crippen LogP contribution < -0.4 is 0 Å². The third-order valence-corrected chi connectivity index (χ3v) is 2.00. The Labute approximate surface area is 77.6 Å². The molecule has 1 heterocycles. The Bertz CT molecular complexity index is 286. The summed E-state index contributed by atoms with van der Waals surface area (Å²) in [4.78, 5) is 4.16. The topological polar surface area (TPSA) is 22.1 Å². The highest BCUT2D eigenvalue weighted by molar-refractivity contribution is 7.80. The van der Waals surface area contributed by atoms with E-state index in [9.17, 15) is 0 Å². The quantitative estimate of drug-likeness (QED) is 0.651. The second-order valence-corrected chi connectivity index (χ2v) is 2.75. The monoisotopic (exact) mass is 181 g/mol. The molecule has 0 bridgehead atoms. The van der Waals surface area contributed by atoms with E-state index in [0.717, 1.165) is 17.7 Å². The maximum Gasteiger partial charge on any atom is 0.190 e. The number of aryl methyl sites for hydroxylation is 1. The van der Waals surface area contributed by atoms with Crippen LogP contribution in [0.4, 0.5) is 0 Å². The summed E-state index contributed by atoms with van der Waals surface area (Å²) in [5, 5.41) is 0.520. The molecule has 0 unspecified atom stereocenters. The largest absolute Gasteiger partial charge is 0.486 e. The summed E-state index contributed by atoms with van der Waals surface area (Å²) in [5.74, 6) is 0. The van der Waals surface area contributed by atoms with Crippen LogP contribution in [-0.4, -0.2) is 17.1 Å². The van der Waals surface area contributed by atoms with Gasteiger partial charge in [-0.3, -0.25) is 4.98 Å². The zero-order valence-corrected chi connectivity index (χ0v) is 8.02. The first-order valence-electron chi connectivity index (χ1n) is 3.81. The minimum atomic E-state index is 0.520. The van der Waals surface area contributed by atoms with Crippen molar-refractivity contribution >= 4 is 17.3 Å². The van der Waals surface area contributed by atoms with Crippen molar-refractivity contribution < 1.29 is 4.74 Å². The van der Waals surface area contributed by atoms with E-state index in [4.69, 9.17) is 17.0 Å².